The minimum absolute atomic E-state index is 1.14. The molecule has 2 heterocycles. The molecule has 56 heavy (non-hydrogen) atoms. The maximum absolute atomic E-state index is 2.48. The van der Waals surface area contributed by atoms with Crippen molar-refractivity contribution in [2.45, 2.75) is 0 Å². The van der Waals surface area contributed by atoms with Crippen LogP contribution >= 0.6 is 22.7 Å². The van der Waals surface area contributed by atoms with Gasteiger partial charge in [0.05, 0.1) is 27.4 Å². The molecule has 0 bridgehead atoms. The highest BCUT2D eigenvalue weighted by atomic mass is 32.1. The van der Waals surface area contributed by atoms with Crippen LogP contribution in [0, 0.1) is 0 Å². The Hall–Kier alpha value is -6.72. The Bertz CT molecular complexity index is 3440. The molecule has 4 heteroatoms. The van der Waals surface area contributed by atoms with Crippen molar-refractivity contribution in [3.63, 3.8) is 0 Å². The summed E-state index contributed by atoms with van der Waals surface area (Å²) in [5.74, 6) is 0. The van der Waals surface area contributed by atoms with Gasteiger partial charge in [-0.3, -0.25) is 0 Å². The van der Waals surface area contributed by atoms with Crippen molar-refractivity contribution < 1.29 is 0 Å². The molecule has 0 fully saturated rings. The summed E-state index contributed by atoms with van der Waals surface area (Å²) in [5, 5.41) is 12.7. The molecule has 0 saturated carbocycles. The summed E-state index contributed by atoms with van der Waals surface area (Å²) in [7, 11) is 0. The molecular formula is C52H32N2S2. The van der Waals surface area contributed by atoms with Crippen molar-refractivity contribution >= 4 is 129 Å². The predicted molar refractivity (Wildman–Crippen MR) is 245 cm³/mol. The van der Waals surface area contributed by atoms with Crippen LogP contribution in [-0.4, -0.2) is 0 Å². The summed E-state index contributed by atoms with van der Waals surface area (Å²) >= 11 is 3.74. The lowest BCUT2D eigenvalue weighted by Crippen LogP contribution is -2.11. The molecule has 0 aliphatic rings. The van der Waals surface area contributed by atoms with E-state index in [1.54, 1.807) is 0 Å². The Morgan fingerprint density at radius 2 is 0.750 bits per heavy atom. The summed E-state index contributed by atoms with van der Waals surface area (Å²) in [4.78, 5) is 4.95. The fourth-order valence-corrected chi connectivity index (χ4v) is 11.3. The number of nitrogens with zero attached hydrogens (tertiary/aromatic N) is 2. The first kappa shape index (κ1) is 31.6. The smallest absolute Gasteiger partial charge is 0.0640 e. The van der Waals surface area contributed by atoms with Crippen LogP contribution in [0.2, 0.25) is 0 Å². The van der Waals surface area contributed by atoms with Crippen molar-refractivity contribution in [2.24, 2.45) is 0 Å². The molecule has 0 aliphatic carbocycles. The van der Waals surface area contributed by atoms with Gasteiger partial charge in [0.2, 0.25) is 0 Å². The first-order valence-electron chi connectivity index (χ1n) is 19.0. The molecule has 0 aliphatic heterocycles. The number of thiophene rings is 2. The zero-order valence-corrected chi connectivity index (χ0v) is 31.8. The van der Waals surface area contributed by atoms with E-state index in [-0.39, 0.29) is 0 Å². The summed E-state index contributed by atoms with van der Waals surface area (Å²) in [6.45, 7) is 0. The molecule has 0 radical (unpaired) electrons. The van der Waals surface area contributed by atoms with E-state index in [9.17, 15) is 0 Å². The summed E-state index contributed by atoms with van der Waals surface area (Å²) in [6.07, 6.45) is 0. The highest BCUT2D eigenvalue weighted by Gasteiger charge is 2.24. The van der Waals surface area contributed by atoms with Gasteiger partial charge in [-0.1, -0.05) is 127 Å². The van der Waals surface area contributed by atoms with Gasteiger partial charge < -0.3 is 9.80 Å². The standard InChI is InChI=1S/C52H32N2S2/c1-3-13-35(14-4-1)53(44-20-12-24-48-51(44)41-18-8-10-23-47(41)55-48)42-31-27-33-26-30-40-43(32-28-34-25-29-39(42)49(33)50(34)40)54(36-15-5-2-6-16-36)45-21-11-19-38-37-17-7-9-22-46(37)56-52(38)45/h1-32H. The van der Waals surface area contributed by atoms with Gasteiger partial charge in [0.15, 0.2) is 0 Å². The molecule has 0 saturated heterocycles. The Morgan fingerprint density at radius 3 is 1.41 bits per heavy atom. The first-order valence-corrected chi connectivity index (χ1v) is 20.6. The number of fused-ring (bicyclic) bond motifs is 6. The van der Waals surface area contributed by atoms with E-state index < -0.39 is 0 Å². The molecular weight excluding hydrogens is 717 g/mol. The second-order valence-electron chi connectivity index (χ2n) is 14.4. The topological polar surface area (TPSA) is 6.48 Å². The third kappa shape index (κ3) is 4.67. The second-order valence-corrected chi connectivity index (χ2v) is 16.6. The van der Waals surface area contributed by atoms with E-state index in [2.05, 4.69) is 204 Å². The molecule has 2 nitrogen and oxygen atoms in total. The minimum Gasteiger partial charge on any atom is -0.309 e. The van der Waals surface area contributed by atoms with Crippen molar-refractivity contribution in [3.05, 3.63) is 194 Å². The fourth-order valence-electron chi connectivity index (χ4n) is 8.98. The third-order valence-electron chi connectivity index (χ3n) is 11.4. The maximum Gasteiger partial charge on any atom is 0.0640 e. The van der Waals surface area contributed by atoms with E-state index in [4.69, 9.17) is 0 Å². The number of para-hydroxylation sites is 2. The van der Waals surface area contributed by atoms with Crippen LogP contribution in [0.1, 0.15) is 0 Å². The van der Waals surface area contributed by atoms with Crippen molar-refractivity contribution in [1.29, 1.82) is 0 Å². The number of anilines is 6. The lowest BCUT2D eigenvalue weighted by molar-refractivity contribution is 1.31. The summed E-state index contributed by atoms with van der Waals surface area (Å²) in [5.41, 5.74) is 6.99. The van der Waals surface area contributed by atoms with Gasteiger partial charge in [0.25, 0.3) is 0 Å². The summed E-state index contributed by atoms with van der Waals surface area (Å²) in [6, 6.07) is 71.4. The number of rotatable bonds is 6. The summed E-state index contributed by atoms with van der Waals surface area (Å²) < 4.78 is 5.20. The third-order valence-corrected chi connectivity index (χ3v) is 13.7. The van der Waals surface area contributed by atoms with Crippen LogP contribution in [0.15, 0.2) is 194 Å². The van der Waals surface area contributed by atoms with Crippen LogP contribution in [0.25, 0.3) is 72.7 Å². The van der Waals surface area contributed by atoms with Gasteiger partial charge in [0, 0.05) is 57.8 Å². The largest absolute Gasteiger partial charge is 0.309 e. The zero-order chi connectivity index (χ0) is 36.7. The molecule has 0 N–H and O–H groups in total. The monoisotopic (exact) mass is 748 g/mol. The lowest BCUT2D eigenvalue weighted by atomic mass is 9.91. The highest BCUT2D eigenvalue weighted by Crippen LogP contribution is 2.51. The van der Waals surface area contributed by atoms with E-state index in [0.717, 1.165) is 11.4 Å². The van der Waals surface area contributed by atoms with Crippen molar-refractivity contribution in [1.82, 2.24) is 0 Å². The predicted octanol–water partition coefficient (Wildman–Crippen LogP) is 16.3. The molecule has 262 valence electrons. The van der Waals surface area contributed by atoms with Gasteiger partial charge in [0.1, 0.15) is 0 Å². The first-order chi connectivity index (χ1) is 27.8. The SMILES string of the molecule is c1ccc(N(c2ccc3ccc4c(N(c5ccccc5)c5cccc6sc7ccccc7c56)ccc5ccc2c3c54)c2cccc3c2sc2ccccc23)cc1. The average molecular weight is 749 g/mol. The average Bonchev–Trinajstić information content (AvgIpc) is 3.84. The highest BCUT2D eigenvalue weighted by molar-refractivity contribution is 7.26. The molecule has 0 unspecified atom stereocenters. The molecule has 2 aromatic heterocycles. The van der Waals surface area contributed by atoms with Crippen LogP contribution in [0.3, 0.4) is 0 Å². The van der Waals surface area contributed by atoms with E-state index >= 15 is 0 Å². The van der Waals surface area contributed by atoms with Gasteiger partial charge in [-0.05, 0) is 88.3 Å². The normalized spacial score (nSPS) is 11.9. The molecule has 0 spiro atoms. The molecule has 12 aromatic rings. The van der Waals surface area contributed by atoms with E-state index in [1.807, 2.05) is 22.7 Å². The van der Waals surface area contributed by atoms with E-state index in [1.165, 1.54) is 95.4 Å². The van der Waals surface area contributed by atoms with Gasteiger partial charge in [-0.15, -0.1) is 22.7 Å². The molecule has 12 rings (SSSR count). The van der Waals surface area contributed by atoms with Crippen LogP contribution in [0.5, 0.6) is 0 Å². The van der Waals surface area contributed by atoms with Gasteiger partial charge >= 0.3 is 0 Å². The van der Waals surface area contributed by atoms with Crippen LogP contribution in [0.4, 0.5) is 34.1 Å². The number of benzene rings is 10. The minimum atomic E-state index is 1.14. The van der Waals surface area contributed by atoms with Crippen LogP contribution in [-0.2, 0) is 0 Å². The fraction of sp³-hybridized carbons (Fsp3) is 0. The number of hydrogen-bond acceptors (Lipinski definition) is 4. The van der Waals surface area contributed by atoms with Gasteiger partial charge in [-0.2, -0.15) is 0 Å². The molecule has 0 amide bonds. The maximum atomic E-state index is 2.48. The van der Waals surface area contributed by atoms with Gasteiger partial charge in [-0.25, -0.2) is 0 Å². The Morgan fingerprint density at radius 1 is 0.268 bits per heavy atom. The van der Waals surface area contributed by atoms with Crippen molar-refractivity contribution in [3.8, 4) is 0 Å². The quantitative estimate of drug-likeness (QED) is 0.156. The van der Waals surface area contributed by atoms with Crippen LogP contribution < -0.4 is 9.80 Å². The number of hydrogen-bond donors (Lipinski definition) is 0. The second kappa shape index (κ2) is 12.4. The Labute approximate surface area is 331 Å². The lowest BCUT2D eigenvalue weighted by Gasteiger charge is -2.30. The Balaban J connectivity index is 1.14. The molecule has 10 aromatic carbocycles. The zero-order valence-electron chi connectivity index (χ0n) is 30.2. The van der Waals surface area contributed by atoms with Crippen molar-refractivity contribution in [2.75, 3.05) is 9.80 Å². The molecule has 0 atom stereocenters. The van der Waals surface area contributed by atoms with E-state index in [0.29, 0.717) is 0 Å². The Kier molecular flexibility index (Phi) is 7.00.